The van der Waals surface area contributed by atoms with Crippen molar-refractivity contribution in [3.8, 4) is 0 Å². The van der Waals surface area contributed by atoms with E-state index < -0.39 is 0 Å². The number of carbonyl (C=O) groups is 2. The topological polar surface area (TPSA) is 117 Å². The molecule has 1 aliphatic carbocycles. The van der Waals surface area contributed by atoms with Gasteiger partial charge in [0.05, 0.1) is 17.5 Å². The number of nitrogens with zero attached hydrogens (tertiary/aromatic N) is 6. The van der Waals surface area contributed by atoms with E-state index in [-0.39, 0.29) is 29.6 Å². The number of ether oxygens (including phenoxy) is 1. The fourth-order valence-corrected chi connectivity index (χ4v) is 4.94. The molecule has 1 aromatic rings. The highest BCUT2D eigenvalue weighted by molar-refractivity contribution is 6.05. The van der Waals surface area contributed by atoms with Crippen molar-refractivity contribution in [2.45, 2.75) is 96.9 Å². The molecule has 2 bridgehead atoms. The first kappa shape index (κ1) is 31.0. The van der Waals surface area contributed by atoms with E-state index in [0.717, 1.165) is 43.4 Å². The minimum absolute atomic E-state index is 0.00296. The molecule has 4 rings (SSSR count). The number of rotatable bonds is 6. The third kappa shape index (κ3) is 7.78. The summed E-state index contributed by atoms with van der Waals surface area (Å²) in [7, 11) is 1.71. The zero-order valence-electron chi connectivity index (χ0n) is 24.9. The van der Waals surface area contributed by atoms with Crippen LogP contribution in [0.3, 0.4) is 0 Å². The first-order valence-corrected chi connectivity index (χ1v) is 13.9. The maximum absolute atomic E-state index is 12.8. The number of hydrogen-bond donors (Lipinski definition) is 1. The zero-order chi connectivity index (χ0) is 29.6. The number of methoxy groups -OCH3 is 1. The number of aromatic nitrogens is 1. The molecule has 2 amide bonds. The molecule has 0 aromatic carbocycles. The predicted molar refractivity (Wildman–Crippen MR) is 161 cm³/mol. The summed E-state index contributed by atoms with van der Waals surface area (Å²) >= 11 is 0. The van der Waals surface area contributed by atoms with E-state index >= 15 is 0 Å². The molecule has 0 radical (unpaired) electrons. The quantitative estimate of drug-likeness (QED) is 0.315. The van der Waals surface area contributed by atoms with Gasteiger partial charge in [-0.1, -0.05) is 13.2 Å². The van der Waals surface area contributed by atoms with Gasteiger partial charge in [-0.15, -0.1) is 0 Å². The van der Waals surface area contributed by atoms with Crippen molar-refractivity contribution in [2.75, 3.05) is 18.6 Å². The Hall–Kier alpha value is -3.53. The van der Waals surface area contributed by atoms with E-state index in [4.69, 9.17) is 10.5 Å². The van der Waals surface area contributed by atoms with Gasteiger partial charge in [0.15, 0.2) is 5.82 Å². The number of nitrogens with two attached hydrogens (primary N) is 1. The normalized spacial score (nSPS) is 21.7. The number of amides is 2. The molecule has 10 nitrogen and oxygen atoms in total. The maximum atomic E-state index is 12.8. The van der Waals surface area contributed by atoms with Crippen LogP contribution in [0, 0.1) is 0 Å². The van der Waals surface area contributed by atoms with Crippen molar-refractivity contribution in [3.63, 3.8) is 0 Å². The maximum Gasteiger partial charge on any atom is 0.229 e. The summed E-state index contributed by atoms with van der Waals surface area (Å²) in [6.07, 6.45) is 7.97. The first-order valence-electron chi connectivity index (χ1n) is 13.9. The van der Waals surface area contributed by atoms with E-state index in [9.17, 15) is 9.59 Å². The molecular formula is C30H45N7O3. The summed E-state index contributed by atoms with van der Waals surface area (Å²) in [5.74, 6) is 1.15. The lowest BCUT2D eigenvalue weighted by molar-refractivity contribution is -0.121. The van der Waals surface area contributed by atoms with Crippen molar-refractivity contribution < 1.29 is 14.3 Å². The minimum atomic E-state index is -0.00397. The molecule has 0 spiro atoms. The second-order valence-corrected chi connectivity index (χ2v) is 11.7. The van der Waals surface area contributed by atoms with Gasteiger partial charge >= 0.3 is 0 Å². The standard InChI is InChI=1S/C25H33N7O2.C5H12O/c1-16(2)24(32(17(3)4)18-6-5-7-18)29-25(26)28-22-11-10-20(13-27-22)30-14-21-9-8-19(12-23(30)34)31(21)15-33;1-5(2,3)6-4/h10-11,13,15,18-19,21H,1,3,5-9,12,14H2,2,4H3,(H2,26,27,28);1-4H3/b29-24+;. The molecule has 2 saturated heterocycles. The van der Waals surface area contributed by atoms with Crippen LogP contribution in [0.15, 0.2) is 52.7 Å². The first-order chi connectivity index (χ1) is 18.8. The van der Waals surface area contributed by atoms with E-state index in [1.165, 1.54) is 6.42 Å². The lowest BCUT2D eigenvalue weighted by atomic mass is 9.90. The van der Waals surface area contributed by atoms with Gasteiger partial charge in [0.25, 0.3) is 0 Å². The summed E-state index contributed by atoms with van der Waals surface area (Å²) in [4.78, 5) is 43.1. The Morgan fingerprint density at radius 3 is 2.30 bits per heavy atom. The van der Waals surface area contributed by atoms with Gasteiger partial charge in [-0.05, 0) is 84.4 Å². The van der Waals surface area contributed by atoms with Crippen LogP contribution in [0.5, 0.6) is 0 Å². The van der Waals surface area contributed by atoms with E-state index in [1.54, 1.807) is 35.2 Å². The van der Waals surface area contributed by atoms with Crippen molar-refractivity contribution in [1.82, 2.24) is 14.8 Å². The number of allylic oxidation sites excluding steroid dienone is 1. The molecule has 3 heterocycles. The molecule has 10 heteroatoms. The van der Waals surface area contributed by atoms with E-state index in [2.05, 4.69) is 33.0 Å². The van der Waals surface area contributed by atoms with Gasteiger partial charge < -0.3 is 25.2 Å². The van der Waals surface area contributed by atoms with Gasteiger partial charge in [0.2, 0.25) is 18.3 Å². The number of aliphatic imine (C=N–C) groups is 2. The van der Waals surface area contributed by atoms with Crippen LogP contribution >= 0.6 is 0 Å². The highest BCUT2D eigenvalue weighted by Gasteiger charge is 2.40. The number of hydrogen-bond acceptors (Lipinski definition) is 5. The number of pyridine rings is 1. The van der Waals surface area contributed by atoms with Crippen LogP contribution < -0.4 is 10.6 Å². The third-order valence-electron chi connectivity index (χ3n) is 7.47. The number of anilines is 1. The number of carbonyl (C=O) groups excluding carboxylic acids is 2. The number of amidine groups is 1. The second kappa shape index (κ2) is 13.2. The molecule has 40 heavy (non-hydrogen) atoms. The lowest BCUT2D eigenvalue weighted by Gasteiger charge is -2.40. The van der Waals surface area contributed by atoms with Crippen LogP contribution in [0.1, 0.15) is 73.1 Å². The van der Waals surface area contributed by atoms with Gasteiger partial charge in [-0.2, -0.15) is 9.98 Å². The number of guanidine groups is 1. The second-order valence-electron chi connectivity index (χ2n) is 11.7. The molecular weight excluding hydrogens is 506 g/mol. The Bertz CT molecular complexity index is 1150. The smallest absolute Gasteiger partial charge is 0.229 e. The lowest BCUT2D eigenvalue weighted by Crippen LogP contribution is -2.43. The Labute approximate surface area is 238 Å². The summed E-state index contributed by atoms with van der Waals surface area (Å²) in [6, 6.07) is 3.92. The average Bonchev–Trinajstić information content (AvgIpc) is 3.17. The van der Waals surface area contributed by atoms with Gasteiger partial charge in [-0.3, -0.25) is 9.59 Å². The molecule has 218 valence electrons. The summed E-state index contributed by atoms with van der Waals surface area (Å²) < 4.78 is 4.94. The molecule has 2 N–H and O–H groups in total. The third-order valence-corrected chi connectivity index (χ3v) is 7.47. The van der Waals surface area contributed by atoms with Crippen LogP contribution in [0.25, 0.3) is 0 Å². The summed E-state index contributed by atoms with van der Waals surface area (Å²) in [5.41, 5.74) is 8.57. The molecule has 1 aromatic heterocycles. The van der Waals surface area contributed by atoms with Crippen molar-refractivity contribution in [1.29, 1.82) is 0 Å². The van der Waals surface area contributed by atoms with Crippen molar-refractivity contribution >= 4 is 35.6 Å². The molecule has 2 unspecified atom stereocenters. The SMILES string of the molecule is C=C(C)/C(=N\C(N)=Nc1ccc(N2CC3CCC(CC2=O)N3C=O)cn1)N(C(=C)C)C1CCC1.COC(C)(C)C. The highest BCUT2D eigenvalue weighted by atomic mass is 16.5. The fourth-order valence-electron chi connectivity index (χ4n) is 4.94. The highest BCUT2D eigenvalue weighted by Crippen LogP contribution is 2.32. The van der Waals surface area contributed by atoms with Crippen LogP contribution in [0.4, 0.5) is 11.5 Å². The van der Waals surface area contributed by atoms with Gasteiger partial charge in [0.1, 0.15) is 5.84 Å². The fraction of sp³-hybridized carbons (Fsp3) is 0.567. The Balaban J connectivity index is 0.000000663. The number of fused-ring (bicyclic) bond motifs is 2. The Morgan fingerprint density at radius 1 is 1.18 bits per heavy atom. The van der Waals surface area contributed by atoms with Crippen molar-refractivity contribution in [2.24, 2.45) is 15.7 Å². The Morgan fingerprint density at radius 2 is 1.82 bits per heavy atom. The van der Waals surface area contributed by atoms with E-state index in [1.807, 2.05) is 34.6 Å². The monoisotopic (exact) mass is 551 g/mol. The average molecular weight is 552 g/mol. The predicted octanol–water partition coefficient (Wildman–Crippen LogP) is 4.55. The minimum Gasteiger partial charge on any atom is -0.379 e. The largest absolute Gasteiger partial charge is 0.379 e. The van der Waals surface area contributed by atoms with E-state index in [0.29, 0.717) is 36.3 Å². The van der Waals surface area contributed by atoms with Crippen LogP contribution in [0.2, 0.25) is 0 Å². The summed E-state index contributed by atoms with van der Waals surface area (Å²) in [6.45, 7) is 18.5. The molecule has 3 fully saturated rings. The van der Waals surface area contributed by atoms with Crippen LogP contribution in [-0.2, 0) is 14.3 Å². The Kier molecular flexibility index (Phi) is 10.2. The molecule has 2 aliphatic heterocycles. The molecule has 3 aliphatic rings. The van der Waals surface area contributed by atoms with Gasteiger partial charge in [-0.25, -0.2) is 4.98 Å². The zero-order valence-corrected chi connectivity index (χ0v) is 24.9. The summed E-state index contributed by atoms with van der Waals surface area (Å²) in [5, 5.41) is 0. The van der Waals surface area contributed by atoms with Crippen molar-refractivity contribution in [3.05, 3.63) is 42.8 Å². The van der Waals surface area contributed by atoms with Crippen LogP contribution in [-0.4, -0.2) is 76.3 Å². The molecule has 2 atom stereocenters. The van der Waals surface area contributed by atoms with Gasteiger partial charge in [0, 0.05) is 43.9 Å². The molecule has 1 saturated carbocycles.